The van der Waals surface area contributed by atoms with Gasteiger partial charge in [-0.15, -0.1) is 6.58 Å². The Bertz CT molecular complexity index is 1140. The Balaban J connectivity index is 1.84. The van der Waals surface area contributed by atoms with Crippen LogP contribution in [0.1, 0.15) is 39.2 Å². The van der Waals surface area contributed by atoms with E-state index in [4.69, 9.17) is 4.98 Å². The predicted octanol–water partition coefficient (Wildman–Crippen LogP) is 6.93. The molecule has 3 aromatic rings. The van der Waals surface area contributed by atoms with E-state index in [2.05, 4.69) is 105 Å². The van der Waals surface area contributed by atoms with Crippen molar-refractivity contribution in [2.45, 2.75) is 45.2 Å². The van der Waals surface area contributed by atoms with Gasteiger partial charge in [0.1, 0.15) is 6.17 Å². The Hall–Kier alpha value is -3.07. The molecule has 0 amide bonds. The minimum atomic E-state index is -0.113. The van der Waals surface area contributed by atoms with E-state index in [1.165, 1.54) is 28.1 Å². The molecule has 0 radical (unpaired) electrons. The summed E-state index contributed by atoms with van der Waals surface area (Å²) in [5.74, 6) is 1.04. The number of nitrogens with zero attached hydrogens (tertiary/aromatic N) is 3. The predicted molar refractivity (Wildman–Crippen MR) is 131 cm³/mol. The zero-order chi connectivity index (χ0) is 21.8. The molecule has 158 valence electrons. The van der Waals surface area contributed by atoms with E-state index in [0.717, 1.165) is 18.7 Å². The summed E-state index contributed by atoms with van der Waals surface area (Å²) in [5.41, 5.74) is 6.18. The molecule has 0 N–H and O–H groups in total. The lowest BCUT2D eigenvalue weighted by Gasteiger charge is -2.58. The van der Waals surface area contributed by atoms with Gasteiger partial charge in [0.05, 0.1) is 5.69 Å². The fraction of sp³-hybridized carbons (Fsp3) is 0.321. The summed E-state index contributed by atoms with van der Waals surface area (Å²) in [4.78, 5) is 9.74. The van der Waals surface area contributed by atoms with Gasteiger partial charge in [-0.25, -0.2) is 4.98 Å². The lowest BCUT2D eigenvalue weighted by atomic mass is 9.54. The van der Waals surface area contributed by atoms with Crippen molar-refractivity contribution in [3.05, 3.63) is 85.1 Å². The zero-order valence-corrected chi connectivity index (χ0v) is 19.0. The smallest absolute Gasteiger partial charge is 0.158 e. The quantitative estimate of drug-likeness (QED) is 0.436. The van der Waals surface area contributed by atoms with E-state index >= 15 is 0 Å². The number of hydrogen-bond acceptors (Lipinski definition) is 3. The van der Waals surface area contributed by atoms with Gasteiger partial charge in [0.2, 0.25) is 0 Å². The monoisotopic (exact) mass is 409 g/mol. The fourth-order valence-electron chi connectivity index (χ4n) is 6.20. The second-order valence-corrected chi connectivity index (χ2v) is 9.08. The summed E-state index contributed by atoms with van der Waals surface area (Å²) < 4.78 is 0. The average Bonchev–Trinajstić information content (AvgIpc) is 3.13. The number of hydrogen-bond donors (Lipinski definition) is 0. The first-order chi connectivity index (χ1) is 15.0. The molecule has 2 aliphatic heterocycles. The maximum absolute atomic E-state index is 4.85. The molecule has 3 nitrogen and oxygen atoms in total. The minimum Gasteiger partial charge on any atom is -0.350 e. The summed E-state index contributed by atoms with van der Waals surface area (Å²) in [6.45, 7) is 11.4. The number of aromatic nitrogens is 1. The van der Waals surface area contributed by atoms with Crippen molar-refractivity contribution in [3.63, 3.8) is 0 Å². The molecule has 0 bridgehead atoms. The highest BCUT2D eigenvalue weighted by Crippen LogP contribution is 2.63. The van der Waals surface area contributed by atoms with Crippen LogP contribution < -0.4 is 9.80 Å². The Morgan fingerprint density at radius 1 is 0.968 bits per heavy atom. The highest BCUT2D eigenvalue weighted by Gasteiger charge is 2.60. The highest BCUT2D eigenvalue weighted by molar-refractivity contribution is 5.86. The van der Waals surface area contributed by atoms with Crippen LogP contribution >= 0.6 is 0 Å². The summed E-state index contributed by atoms with van der Waals surface area (Å²) in [6.07, 6.45) is 6.34. The van der Waals surface area contributed by atoms with Crippen molar-refractivity contribution >= 4 is 17.2 Å². The van der Waals surface area contributed by atoms with Gasteiger partial charge >= 0.3 is 0 Å². The molecule has 0 spiro atoms. The Labute approximate surface area is 186 Å². The van der Waals surface area contributed by atoms with Crippen LogP contribution in [0, 0.1) is 5.41 Å². The lowest BCUT2D eigenvalue weighted by Crippen LogP contribution is -2.62. The summed E-state index contributed by atoms with van der Waals surface area (Å²) in [7, 11) is 2.21. The van der Waals surface area contributed by atoms with Crippen LogP contribution in [-0.4, -0.2) is 18.2 Å². The van der Waals surface area contributed by atoms with Gasteiger partial charge in [-0.05, 0) is 47.7 Å². The topological polar surface area (TPSA) is 19.4 Å². The van der Waals surface area contributed by atoms with Crippen LogP contribution in [0.3, 0.4) is 0 Å². The lowest BCUT2D eigenvalue weighted by molar-refractivity contribution is 0.129. The molecule has 3 atom stereocenters. The van der Waals surface area contributed by atoms with Crippen molar-refractivity contribution in [2.75, 3.05) is 16.8 Å². The molecule has 5 rings (SSSR count). The molecule has 3 heteroatoms. The van der Waals surface area contributed by atoms with Crippen molar-refractivity contribution in [3.8, 4) is 11.1 Å². The second-order valence-electron chi connectivity index (χ2n) is 9.08. The number of pyridine rings is 1. The number of anilines is 3. The van der Waals surface area contributed by atoms with E-state index in [1.54, 1.807) is 0 Å². The van der Waals surface area contributed by atoms with Gasteiger partial charge < -0.3 is 9.80 Å². The van der Waals surface area contributed by atoms with Gasteiger partial charge in [0, 0.05) is 29.8 Å². The molecule has 0 saturated carbocycles. The third kappa shape index (κ3) is 2.43. The molecule has 0 saturated heterocycles. The van der Waals surface area contributed by atoms with Gasteiger partial charge in [0.15, 0.2) is 5.82 Å². The molecule has 2 aromatic carbocycles. The van der Waals surface area contributed by atoms with E-state index < -0.39 is 0 Å². The van der Waals surface area contributed by atoms with Gasteiger partial charge in [-0.2, -0.15) is 0 Å². The number of fused-ring (bicyclic) bond motifs is 5. The number of rotatable bonds is 4. The molecule has 3 unspecified atom stereocenters. The molecule has 2 aliphatic rings. The largest absolute Gasteiger partial charge is 0.350 e. The Morgan fingerprint density at radius 2 is 1.74 bits per heavy atom. The van der Waals surface area contributed by atoms with E-state index in [9.17, 15) is 0 Å². The molecule has 3 heterocycles. The molecular weight excluding hydrogens is 378 g/mol. The van der Waals surface area contributed by atoms with Crippen LogP contribution in [0.4, 0.5) is 17.2 Å². The van der Waals surface area contributed by atoms with Crippen LogP contribution in [0.25, 0.3) is 11.1 Å². The van der Waals surface area contributed by atoms with E-state index in [-0.39, 0.29) is 17.0 Å². The van der Waals surface area contributed by atoms with Crippen molar-refractivity contribution in [2.24, 2.45) is 5.41 Å². The van der Waals surface area contributed by atoms with Crippen molar-refractivity contribution in [1.29, 1.82) is 0 Å². The third-order valence-corrected chi connectivity index (χ3v) is 8.09. The number of benzene rings is 2. The van der Waals surface area contributed by atoms with Crippen molar-refractivity contribution < 1.29 is 0 Å². The zero-order valence-electron chi connectivity index (χ0n) is 19.0. The van der Waals surface area contributed by atoms with E-state index in [1.807, 2.05) is 12.3 Å². The van der Waals surface area contributed by atoms with Gasteiger partial charge in [0.25, 0.3) is 0 Å². The maximum Gasteiger partial charge on any atom is 0.158 e. The Morgan fingerprint density at radius 3 is 2.42 bits per heavy atom. The normalized spacial score (nSPS) is 26.3. The van der Waals surface area contributed by atoms with Gasteiger partial charge in [-0.1, -0.05) is 69.3 Å². The van der Waals surface area contributed by atoms with Crippen LogP contribution in [-0.2, 0) is 5.41 Å². The molecule has 1 aromatic heterocycles. The molecule has 0 aliphatic carbocycles. The van der Waals surface area contributed by atoms with Crippen LogP contribution in [0.15, 0.2) is 79.5 Å². The summed E-state index contributed by atoms with van der Waals surface area (Å²) in [5, 5.41) is 0. The first kappa shape index (κ1) is 19.9. The molecule has 0 fully saturated rings. The Kier molecular flexibility index (Phi) is 4.47. The van der Waals surface area contributed by atoms with Crippen molar-refractivity contribution in [1.82, 2.24) is 4.98 Å². The standard InChI is InChI=1S/C28H31N3/c1-6-27(4)22-17-16-21(20-13-10-9-11-14-20)19-24(22)31-25-23(15-12-18-29-25)30(5)26(31)28(27,7-2)8-3/h7,9-19,26H,2,6,8H2,1,3-5H3. The second kappa shape index (κ2) is 6.98. The molecular formula is C28H31N3. The SMILES string of the molecule is C=CC1(CC)C2N(C)c3cccnc3N2c2cc(-c3ccccc3)ccc2C1(C)CC. The molecule has 31 heavy (non-hydrogen) atoms. The van der Waals surface area contributed by atoms with Crippen LogP contribution in [0.2, 0.25) is 0 Å². The summed E-state index contributed by atoms with van der Waals surface area (Å²) >= 11 is 0. The summed E-state index contributed by atoms with van der Waals surface area (Å²) in [6, 6.07) is 21.9. The maximum atomic E-state index is 4.85. The average molecular weight is 410 g/mol. The third-order valence-electron chi connectivity index (χ3n) is 8.09. The van der Waals surface area contributed by atoms with Gasteiger partial charge in [-0.3, -0.25) is 0 Å². The van der Waals surface area contributed by atoms with E-state index in [0.29, 0.717) is 0 Å². The fourth-order valence-corrected chi connectivity index (χ4v) is 6.20. The first-order valence-corrected chi connectivity index (χ1v) is 11.3. The van der Waals surface area contributed by atoms with Crippen LogP contribution in [0.5, 0.6) is 0 Å². The first-order valence-electron chi connectivity index (χ1n) is 11.3. The highest BCUT2D eigenvalue weighted by atomic mass is 15.5. The minimum absolute atomic E-state index is 0.0362.